The summed E-state index contributed by atoms with van der Waals surface area (Å²) < 4.78 is 69.4. The highest BCUT2D eigenvalue weighted by Gasteiger charge is 2.43. The number of nitrogens with one attached hydrogen (secondary N) is 1. The quantitative estimate of drug-likeness (QED) is 0.222. The predicted octanol–water partition coefficient (Wildman–Crippen LogP) is 5.32. The number of sulfonamides is 1. The normalized spacial score (nSPS) is 16.6. The molecule has 1 fully saturated rings. The average Bonchev–Trinajstić information content (AvgIpc) is 3.62. The van der Waals surface area contributed by atoms with Gasteiger partial charge in [0.2, 0.25) is 0 Å². The van der Waals surface area contributed by atoms with Crippen LogP contribution in [0.5, 0.6) is 0 Å². The smallest absolute Gasteiger partial charge is 0.454 e. The van der Waals surface area contributed by atoms with E-state index in [-0.39, 0.29) is 11.4 Å². The number of carbonyl (C=O) groups is 1. The molecule has 2 aromatic carbocycles. The maximum Gasteiger partial charge on any atom is 0.490 e. The molecule has 1 unspecified atom stereocenters. The Morgan fingerprint density at radius 1 is 1.26 bits per heavy atom. The summed E-state index contributed by atoms with van der Waals surface area (Å²) in [7, 11) is -3.93. The van der Waals surface area contributed by atoms with Gasteiger partial charge in [0.25, 0.3) is 10.0 Å². The first-order valence-corrected chi connectivity index (χ1v) is 14.5. The van der Waals surface area contributed by atoms with Gasteiger partial charge >= 0.3 is 12.1 Å². The largest absolute Gasteiger partial charge is 0.490 e. The SMILES string of the molecule is Cc1cccc(S(=O)(=O)N(S)c2cccc3cc(-c4ncc(CN5CCC(OC(=O)C(F)(F)F)C5)s4)[nH]c23)c1. The van der Waals surface area contributed by atoms with Gasteiger partial charge in [-0.2, -0.15) is 13.2 Å². The molecule has 39 heavy (non-hydrogen) atoms. The van der Waals surface area contributed by atoms with Gasteiger partial charge in [0.15, 0.2) is 0 Å². The van der Waals surface area contributed by atoms with Crippen LogP contribution >= 0.6 is 24.2 Å². The summed E-state index contributed by atoms with van der Waals surface area (Å²) in [5.41, 5.74) is 2.42. The number of hydrogen-bond donors (Lipinski definition) is 2. The number of aryl methyl sites for hydroxylation is 1. The lowest BCUT2D eigenvalue weighted by Gasteiger charge is -2.19. The number of ether oxygens (including phenoxy) is 1. The Hall–Kier alpha value is -3.07. The van der Waals surface area contributed by atoms with Crippen molar-refractivity contribution in [2.24, 2.45) is 0 Å². The third kappa shape index (κ3) is 5.78. The Balaban J connectivity index is 1.32. The molecule has 0 spiro atoms. The fraction of sp³-hybridized carbons (Fsp3) is 0.280. The van der Waals surface area contributed by atoms with Crippen molar-refractivity contribution in [2.45, 2.75) is 37.1 Å². The number of hydrogen-bond acceptors (Lipinski definition) is 8. The van der Waals surface area contributed by atoms with Crippen molar-refractivity contribution in [2.75, 3.05) is 16.8 Å². The van der Waals surface area contributed by atoms with E-state index in [1.54, 1.807) is 30.5 Å². The standard InChI is InChI=1S/C25H23F3N4O4S3/c1-15-4-2-6-19(10-15)39(34,35)32(37)21-7-3-5-16-11-20(30-22(16)21)23-29-12-18(38-23)14-31-9-8-17(13-31)36-24(33)25(26,27)28/h2-7,10-12,17,30,37H,8-9,13-14H2,1H3. The summed E-state index contributed by atoms with van der Waals surface area (Å²) >= 11 is 5.75. The van der Waals surface area contributed by atoms with Crippen LogP contribution in [0.4, 0.5) is 18.9 Å². The van der Waals surface area contributed by atoms with E-state index in [0.29, 0.717) is 41.4 Å². The zero-order valence-electron chi connectivity index (χ0n) is 20.5. The number of fused-ring (bicyclic) bond motifs is 1. The highest BCUT2D eigenvalue weighted by atomic mass is 32.3. The fourth-order valence-corrected chi connectivity index (χ4v) is 6.97. The first-order chi connectivity index (χ1) is 18.4. The number of H-pyrrole nitrogens is 1. The number of nitrogens with zero attached hydrogens (tertiary/aromatic N) is 3. The number of esters is 1. The van der Waals surface area contributed by atoms with Crippen molar-refractivity contribution in [3.63, 3.8) is 0 Å². The maximum absolute atomic E-state index is 13.2. The van der Waals surface area contributed by atoms with Gasteiger partial charge in [0.05, 0.1) is 21.8 Å². The lowest BCUT2D eigenvalue weighted by Crippen LogP contribution is -2.31. The van der Waals surface area contributed by atoms with Crippen molar-refractivity contribution in [3.05, 3.63) is 65.2 Å². The molecule has 1 atom stereocenters. The van der Waals surface area contributed by atoms with Crippen LogP contribution in [0.3, 0.4) is 0 Å². The van der Waals surface area contributed by atoms with E-state index in [0.717, 1.165) is 19.5 Å². The molecule has 1 saturated heterocycles. The highest BCUT2D eigenvalue weighted by Crippen LogP contribution is 2.36. The van der Waals surface area contributed by atoms with Crippen LogP contribution in [0.2, 0.25) is 0 Å². The van der Waals surface area contributed by atoms with E-state index in [2.05, 4.69) is 27.5 Å². The van der Waals surface area contributed by atoms with Gasteiger partial charge < -0.3 is 9.72 Å². The van der Waals surface area contributed by atoms with Crippen LogP contribution in [0.25, 0.3) is 21.6 Å². The van der Waals surface area contributed by atoms with Gasteiger partial charge in [-0.25, -0.2) is 21.9 Å². The molecule has 1 N–H and O–H groups in total. The number of thiazole rings is 1. The first kappa shape index (κ1) is 27.5. The van der Waals surface area contributed by atoms with Crippen molar-refractivity contribution < 1.29 is 31.1 Å². The minimum atomic E-state index is -5.01. The Labute approximate surface area is 232 Å². The summed E-state index contributed by atoms with van der Waals surface area (Å²) in [6, 6.07) is 13.7. The molecule has 0 amide bonds. The third-order valence-corrected chi connectivity index (χ3v) is 9.63. The molecular weight excluding hydrogens is 573 g/mol. The highest BCUT2D eigenvalue weighted by molar-refractivity contribution is 8.06. The molecule has 5 rings (SSSR count). The van der Waals surface area contributed by atoms with Gasteiger partial charge in [-0.1, -0.05) is 24.3 Å². The topological polar surface area (TPSA) is 95.6 Å². The molecule has 1 aliphatic rings. The number of anilines is 1. The molecule has 3 heterocycles. The van der Waals surface area contributed by atoms with Gasteiger partial charge in [-0.15, -0.1) is 11.3 Å². The second kappa shape index (κ2) is 10.5. The van der Waals surface area contributed by atoms with E-state index in [9.17, 15) is 26.4 Å². The number of carbonyl (C=O) groups excluding carboxylic acids is 1. The minimum Gasteiger partial charge on any atom is -0.454 e. The summed E-state index contributed by atoms with van der Waals surface area (Å²) in [5.74, 6) is -2.17. The predicted molar refractivity (Wildman–Crippen MR) is 145 cm³/mol. The van der Waals surface area contributed by atoms with Gasteiger partial charge in [-0.05, 0) is 56.0 Å². The van der Waals surface area contributed by atoms with Crippen LogP contribution in [0, 0.1) is 6.92 Å². The number of rotatable bonds is 7. The van der Waals surface area contributed by atoms with Crippen molar-refractivity contribution >= 4 is 56.7 Å². The lowest BCUT2D eigenvalue weighted by molar-refractivity contribution is -0.204. The number of benzene rings is 2. The Bertz CT molecular complexity index is 1630. The van der Waals surface area contributed by atoms with Gasteiger partial charge in [0.1, 0.15) is 11.1 Å². The molecule has 2 aromatic heterocycles. The molecule has 206 valence electrons. The van der Waals surface area contributed by atoms with Gasteiger partial charge in [-0.3, -0.25) is 4.90 Å². The fourth-order valence-electron chi connectivity index (χ4n) is 4.40. The molecule has 1 aliphatic heterocycles. The summed E-state index contributed by atoms with van der Waals surface area (Å²) in [4.78, 5) is 21.8. The summed E-state index contributed by atoms with van der Waals surface area (Å²) in [6.45, 7) is 2.96. The second-order valence-corrected chi connectivity index (χ2v) is 12.7. The van der Waals surface area contributed by atoms with E-state index in [4.69, 9.17) is 0 Å². The van der Waals surface area contributed by atoms with Crippen LogP contribution in [0.15, 0.2) is 59.6 Å². The summed E-state index contributed by atoms with van der Waals surface area (Å²) in [5, 5.41) is 1.44. The number of aromatic nitrogens is 2. The zero-order valence-corrected chi connectivity index (χ0v) is 23.0. The Morgan fingerprint density at radius 2 is 2.03 bits per heavy atom. The second-order valence-electron chi connectivity index (χ2n) is 9.17. The molecule has 0 aliphatic carbocycles. The molecule has 0 saturated carbocycles. The molecule has 8 nitrogen and oxygen atoms in total. The van der Waals surface area contributed by atoms with E-state index < -0.39 is 28.3 Å². The van der Waals surface area contributed by atoms with Gasteiger partial charge in [0, 0.05) is 36.1 Å². The van der Waals surface area contributed by atoms with Crippen molar-refractivity contribution in [1.82, 2.24) is 14.9 Å². The third-order valence-electron chi connectivity index (χ3n) is 6.25. The molecule has 4 aromatic rings. The molecule has 0 radical (unpaired) electrons. The van der Waals surface area contributed by atoms with Crippen molar-refractivity contribution in [3.8, 4) is 10.7 Å². The van der Waals surface area contributed by atoms with Crippen LogP contribution in [-0.2, 0) is 26.1 Å². The number of para-hydroxylation sites is 1. The number of halogens is 3. The number of likely N-dealkylation sites (tertiary alicyclic amines) is 1. The molecule has 0 bridgehead atoms. The van der Waals surface area contributed by atoms with E-state index >= 15 is 0 Å². The average molecular weight is 597 g/mol. The van der Waals surface area contributed by atoms with Crippen LogP contribution in [0.1, 0.15) is 16.9 Å². The number of alkyl halides is 3. The molecular formula is C25H23F3N4O4S3. The van der Waals surface area contributed by atoms with Crippen molar-refractivity contribution in [1.29, 1.82) is 0 Å². The number of aromatic amines is 1. The zero-order chi connectivity index (χ0) is 27.9. The van der Waals surface area contributed by atoms with Crippen LogP contribution in [-0.4, -0.2) is 54.6 Å². The lowest BCUT2D eigenvalue weighted by atomic mass is 10.2. The number of thiol groups is 1. The van der Waals surface area contributed by atoms with E-state index in [1.165, 1.54) is 17.4 Å². The first-order valence-electron chi connectivity index (χ1n) is 11.8. The molecule has 14 heteroatoms. The summed E-state index contributed by atoms with van der Waals surface area (Å²) in [6.07, 6.45) is -3.80. The Kier molecular flexibility index (Phi) is 7.39. The maximum atomic E-state index is 13.2. The minimum absolute atomic E-state index is 0.128. The monoisotopic (exact) mass is 596 g/mol. The van der Waals surface area contributed by atoms with Crippen LogP contribution < -0.4 is 3.71 Å². The Morgan fingerprint density at radius 3 is 2.77 bits per heavy atom. The van der Waals surface area contributed by atoms with E-state index in [1.807, 2.05) is 30.0 Å².